The summed E-state index contributed by atoms with van der Waals surface area (Å²) in [6.45, 7) is 8.16. The van der Waals surface area contributed by atoms with Gasteiger partial charge in [0, 0.05) is 6.07 Å². The zero-order chi connectivity index (χ0) is 20.0. The lowest BCUT2D eigenvalue weighted by molar-refractivity contribution is 0.450. The molecule has 3 nitrogen and oxygen atoms in total. The number of hydrogen-bond donors (Lipinski definition) is 3. The Labute approximate surface area is 161 Å². The van der Waals surface area contributed by atoms with Gasteiger partial charge in [0.15, 0.2) is 0 Å². The molecule has 0 fully saturated rings. The van der Waals surface area contributed by atoms with Crippen LogP contribution in [0.2, 0.25) is 0 Å². The zero-order valence-electron chi connectivity index (χ0n) is 16.5. The van der Waals surface area contributed by atoms with Gasteiger partial charge in [-0.1, -0.05) is 35.5 Å². The SMILES string of the molecule is CC(C)=CCc1cc(C=Cc2cc(O)cc(O)c2)cc(CC=C(C)C)c1O. The molecule has 0 heterocycles. The highest BCUT2D eigenvalue weighted by molar-refractivity contribution is 5.72. The first-order valence-corrected chi connectivity index (χ1v) is 9.07. The average Bonchev–Trinajstić information content (AvgIpc) is 2.57. The average molecular weight is 364 g/mol. The van der Waals surface area contributed by atoms with Crippen LogP contribution in [0.1, 0.15) is 49.9 Å². The first-order valence-electron chi connectivity index (χ1n) is 9.07. The predicted molar refractivity (Wildman–Crippen MR) is 113 cm³/mol. The smallest absolute Gasteiger partial charge is 0.122 e. The van der Waals surface area contributed by atoms with Gasteiger partial charge in [-0.3, -0.25) is 0 Å². The molecular formula is C24H28O3. The van der Waals surface area contributed by atoms with E-state index in [1.165, 1.54) is 17.2 Å². The van der Waals surface area contributed by atoms with Crippen molar-refractivity contribution in [3.05, 3.63) is 75.9 Å². The van der Waals surface area contributed by atoms with Crippen molar-refractivity contribution < 1.29 is 15.3 Å². The van der Waals surface area contributed by atoms with Crippen molar-refractivity contribution in [2.45, 2.75) is 40.5 Å². The van der Waals surface area contributed by atoms with E-state index < -0.39 is 0 Å². The summed E-state index contributed by atoms with van der Waals surface area (Å²) < 4.78 is 0. The van der Waals surface area contributed by atoms with Crippen molar-refractivity contribution in [2.24, 2.45) is 0 Å². The van der Waals surface area contributed by atoms with Crippen LogP contribution in [-0.2, 0) is 12.8 Å². The minimum Gasteiger partial charge on any atom is -0.508 e. The van der Waals surface area contributed by atoms with Crippen molar-refractivity contribution >= 4 is 12.2 Å². The maximum atomic E-state index is 10.6. The van der Waals surface area contributed by atoms with Gasteiger partial charge in [-0.2, -0.15) is 0 Å². The molecule has 0 radical (unpaired) electrons. The fourth-order valence-electron chi connectivity index (χ4n) is 2.73. The summed E-state index contributed by atoms with van der Waals surface area (Å²) in [6, 6.07) is 8.42. The van der Waals surface area contributed by atoms with Crippen LogP contribution in [0.25, 0.3) is 12.2 Å². The summed E-state index contributed by atoms with van der Waals surface area (Å²) in [4.78, 5) is 0. The number of allylic oxidation sites excluding steroid dienone is 4. The summed E-state index contributed by atoms with van der Waals surface area (Å²) in [6.07, 6.45) is 9.29. The second-order valence-electron chi connectivity index (χ2n) is 7.28. The lowest BCUT2D eigenvalue weighted by atomic mass is 9.98. The molecule has 0 saturated heterocycles. The highest BCUT2D eigenvalue weighted by Gasteiger charge is 2.08. The van der Waals surface area contributed by atoms with E-state index in [4.69, 9.17) is 0 Å². The van der Waals surface area contributed by atoms with Crippen LogP contribution in [0.15, 0.2) is 53.6 Å². The van der Waals surface area contributed by atoms with E-state index in [0.29, 0.717) is 24.2 Å². The first-order chi connectivity index (χ1) is 12.7. The van der Waals surface area contributed by atoms with E-state index >= 15 is 0 Å². The van der Waals surface area contributed by atoms with E-state index in [0.717, 1.165) is 16.7 Å². The minimum absolute atomic E-state index is 0.0221. The van der Waals surface area contributed by atoms with Crippen LogP contribution < -0.4 is 0 Å². The van der Waals surface area contributed by atoms with Crippen molar-refractivity contribution in [1.82, 2.24) is 0 Å². The van der Waals surface area contributed by atoms with Crippen LogP contribution in [0, 0.1) is 0 Å². The fraction of sp³-hybridized carbons (Fsp3) is 0.250. The Balaban J connectivity index is 2.42. The third kappa shape index (κ3) is 6.37. The Morgan fingerprint density at radius 1 is 0.667 bits per heavy atom. The molecule has 0 atom stereocenters. The number of rotatable bonds is 6. The number of hydrogen-bond acceptors (Lipinski definition) is 3. The normalized spacial score (nSPS) is 10.8. The summed E-state index contributed by atoms with van der Waals surface area (Å²) in [7, 11) is 0. The third-order valence-electron chi connectivity index (χ3n) is 4.14. The van der Waals surface area contributed by atoms with Crippen LogP contribution >= 0.6 is 0 Å². The van der Waals surface area contributed by atoms with Gasteiger partial charge in [0.2, 0.25) is 0 Å². The third-order valence-corrected chi connectivity index (χ3v) is 4.14. The number of phenols is 3. The first kappa shape index (κ1) is 20.4. The summed E-state index contributed by atoms with van der Waals surface area (Å²) >= 11 is 0. The number of phenolic OH excluding ortho intramolecular Hbond substituents is 3. The molecule has 0 bridgehead atoms. The van der Waals surface area contributed by atoms with E-state index in [2.05, 4.69) is 12.2 Å². The van der Waals surface area contributed by atoms with Gasteiger partial charge in [-0.05, 0) is 87.1 Å². The standard InChI is InChI=1S/C24H28O3/c1-16(2)5-9-20-11-18(12-21(24(20)27)10-6-17(3)4)7-8-19-13-22(25)15-23(26)14-19/h5-8,11-15,25-27H,9-10H2,1-4H3. The monoisotopic (exact) mass is 364 g/mol. The minimum atomic E-state index is 0.0221. The Morgan fingerprint density at radius 3 is 1.48 bits per heavy atom. The van der Waals surface area contributed by atoms with E-state index in [9.17, 15) is 15.3 Å². The highest BCUT2D eigenvalue weighted by Crippen LogP contribution is 2.28. The Hall–Kier alpha value is -2.94. The molecular weight excluding hydrogens is 336 g/mol. The van der Waals surface area contributed by atoms with E-state index in [1.807, 2.05) is 52.0 Å². The molecule has 0 unspecified atom stereocenters. The van der Waals surface area contributed by atoms with Gasteiger partial charge in [0.25, 0.3) is 0 Å². The van der Waals surface area contributed by atoms with Crippen LogP contribution in [0.5, 0.6) is 17.2 Å². The Kier molecular flexibility index (Phi) is 6.89. The van der Waals surface area contributed by atoms with E-state index in [-0.39, 0.29) is 11.5 Å². The zero-order valence-corrected chi connectivity index (χ0v) is 16.5. The lowest BCUT2D eigenvalue weighted by Gasteiger charge is -2.10. The molecule has 27 heavy (non-hydrogen) atoms. The van der Waals surface area contributed by atoms with Crippen molar-refractivity contribution in [2.75, 3.05) is 0 Å². The summed E-state index contributed by atoms with van der Waals surface area (Å²) in [5.74, 6) is 0.389. The molecule has 142 valence electrons. The summed E-state index contributed by atoms with van der Waals surface area (Å²) in [5.41, 5.74) is 5.85. The predicted octanol–water partition coefficient (Wildman–Crippen LogP) is 5.99. The van der Waals surface area contributed by atoms with Gasteiger partial charge in [0.1, 0.15) is 17.2 Å². The Morgan fingerprint density at radius 2 is 1.07 bits per heavy atom. The molecule has 0 aliphatic heterocycles. The quantitative estimate of drug-likeness (QED) is 0.436. The molecule has 0 spiro atoms. The fourth-order valence-corrected chi connectivity index (χ4v) is 2.73. The summed E-state index contributed by atoms with van der Waals surface area (Å²) in [5, 5.41) is 29.9. The van der Waals surface area contributed by atoms with E-state index in [1.54, 1.807) is 12.1 Å². The second-order valence-corrected chi connectivity index (χ2v) is 7.28. The number of aromatic hydroxyl groups is 3. The maximum Gasteiger partial charge on any atom is 0.122 e. The largest absolute Gasteiger partial charge is 0.508 e. The molecule has 2 aromatic carbocycles. The molecule has 3 N–H and O–H groups in total. The van der Waals surface area contributed by atoms with Crippen LogP contribution in [0.4, 0.5) is 0 Å². The van der Waals surface area contributed by atoms with Gasteiger partial charge in [-0.25, -0.2) is 0 Å². The van der Waals surface area contributed by atoms with Crippen molar-refractivity contribution in [1.29, 1.82) is 0 Å². The lowest BCUT2D eigenvalue weighted by Crippen LogP contribution is -1.93. The van der Waals surface area contributed by atoms with Crippen LogP contribution in [0.3, 0.4) is 0 Å². The molecule has 3 heteroatoms. The Bertz CT molecular complexity index is 833. The van der Waals surface area contributed by atoms with Crippen LogP contribution in [-0.4, -0.2) is 15.3 Å². The molecule has 0 saturated carbocycles. The topological polar surface area (TPSA) is 60.7 Å². The highest BCUT2D eigenvalue weighted by atomic mass is 16.3. The molecule has 0 aromatic heterocycles. The molecule has 2 aromatic rings. The molecule has 0 aliphatic carbocycles. The second kappa shape index (κ2) is 9.13. The van der Waals surface area contributed by atoms with Gasteiger partial charge < -0.3 is 15.3 Å². The maximum absolute atomic E-state index is 10.6. The van der Waals surface area contributed by atoms with Crippen molar-refractivity contribution in [3.63, 3.8) is 0 Å². The van der Waals surface area contributed by atoms with Gasteiger partial charge in [0.05, 0.1) is 0 Å². The molecule has 0 amide bonds. The number of benzene rings is 2. The van der Waals surface area contributed by atoms with Gasteiger partial charge in [-0.15, -0.1) is 0 Å². The van der Waals surface area contributed by atoms with Crippen molar-refractivity contribution in [3.8, 4) is 17.2 Å². The molecule has 2 rings (SSSR count). The van der Waals surface area contributed by atoms with Gasteiger partial charge >= 0.3 is 0 Å². The molecule has 0 aliphatic rings.